The summed E-state index contributed by atoms with van der Waals surface area (Å²) in [5.41, 5.74) is 4.63. The molecule has 7 heteroatoms. The minimum atomic E-state index is -3.84. The number of hydrogen-bond donors (Lipinski definition) is 2. The molecule has 3 aromatic rings. The van der Waals surface area contributed by atoms with E-state index in [1.165, 1.54) is 12.1 Å². The zero-order chi connectivity index (χ0) is 18.9. The molecular formula is C19H21N3O3S. The van der Waals surface area contributed by atoms with Crippen LogP contribution in [0, 0.1) is 0 Å². The lowest BCUT2D eigenvalue weighted by Gasteiger charge is -2.10. The monoisotopic (exact) mass is 371 g/mol. The fourth-order valence-corrected chi connectivity index (χ4v) is 3.63. The van der Waals surface area contributed by atoms with E-state index in [9.17, 15) is 13.2 Å². The number of amides is 1. The minimum Gasteiger partial charge on any atom is -0.350 e. The lowest BCUT2D eigenvalue weighted by Crippen LogP contribution is -2.41. The molecule has 0 bridgehead atoms. The van der Waals surface area contributed by atoms with E-state index in [1.54, 1.807) is 18.3 Å². The van der Waals surface area contributed by atoms with Crippen molar-refractivity contribution >= 4 is 26.8 Å². The van der Waals surface area contributed by atoms with Gasteiger partial charge in [-0.2, -0.15) is 0 Å². The molecule has 0 saturated carbocycles. The van der Waals surface area contributed by atoms with Gasteiger partial charge in [-0.05, 0) is 29.7 Å². The molecule has 0 saturated heterocycles. The van der Waals surface area contributed by atoms with Crippen LogP contribution in [0.3, 0.4) is 0 Å². The highest BCUT2D eigenvalue weighted by Gasteiger charge is 2.18. The number of aryl methyl sites for hydroxylation is 1. The Morgan fingerprint density at radius 1 is 1.04 bits per heavy atom. The van der Waals surface area contributed by atoms with E-state index in [-0.39, 0.29) is 4.90 Å². The van der Waals surface area contributed by atoms with Gasteiger partial charge < -0.3 is 4.57 Å². The van der Waals surface area contributed by atoms with Crippen molar-refractivity contribution in [3.63, 3.8) is 0 Å². The molecule has 0 spiro atoms. The molecule has 2 N–H and O–H groups in total. The highest BCUT2D eigenvalue weighted by atomic mass is 32.2. The fourth-order valence-electron chi connectivity index (χ4n) is 2.79. The van der Waals surface area contributed by atoms with Crippen molar-refractivity contribution in [1.29, 1.82) is 0 Å². The summed E-state index contributed by atoms with van der Waals surface area (Å²) < 4.78 is 26.6. The highest BCUT2D eigenvalue weighted by molar-refractivity contribution is 7.89. The van der Waals surface area contributed by atoms with Gasteiger partial charge in [0, 0.05) is 24.1 Å². The third kappa shape index (κ3) is 3.49. The second-order valence-electron chi connectivity index (χ2n) is 6.45. The number of carbonyl (C=O) groups excluding carboxylic acids is 1. The topological polar surface area (TPSA) is 80.2 Å². The molecule has 0 aliphatic rings. The first kappa shape index (κ1) is 18.2. The molecule has 26 heavy (non-hydrogen) atoms. The zero-order valence-corrected chi connectivity index (χ0v) is 15.7. The first-order valence-electron chi connectivity index (χ1n) is 8.26. The van der Waals surface area contributed by atoms with Gasteiger partial charge in [-0.1, -0.05) is 44.2 Å². The first-order chi connectivity index (χ1) is 12.3. The van der Waals surface area contributed by atoms with Crippen LogP contribution in [0.1, 0.15) is 35.7 Å². The Balaban J connectivity index is 1.77. The van der Waals surface area contributed by atoms with E-state index in [0.717, 1.165) is 16.5 Å². The fraction of sp³-hybridized carbons (Fsp3) is 0.211. The molecule has 6 nitrogen and oxygen atoms in total. The number of hydrazine groups is 1. The van der Waals surface area contributed by atoms with Crippen LogP contribution >= 0.6 is 0 Å². The number of hydrogen-bond acceptors (Lipinski definition) is 3. The van der Waals surface area contributed by atoms with E-state index in [4.69, 9.17) is 0 Å². The Labute approximate surface area is 152 Å². The molecule has 0 unspecified atom stereocenters. The van der Waals surface area contributed by atoms with Crippen molar-refractivity contribution in [1.82, 2.24) is 14.8 Å². The average molecular weight is 371 g/mol. The molecular weight excluding hydrogens is 350 g/mol. The van der Waals surface area contributed by atoms with E-state index in [0.29, 0.717) is 11.5 Å². The maximum atomic E-state index is 12.4. The van der Waals surface area contributed by atoms with Crippen molar-refractivity contribution < 1.29 is 13.2 Å². The summed E-state index contributed by atoms with van der Waals surface area (Å²) in [6, 6.07) is 14.0. The third-order valence-corrected chi connectivity index (χ3v) is 5.56. The molecule has 136 valence electrons. The van der Waals surface area contributed by atoms with Gasteiger partial charge in [0.25, 0.3) is 15.9 Å². The maximum absolute atomic E-state index is 12.4. The van der Waals surface area contributed by atoms with Crippen LogP contribution in [0.4, 0.5) is 0 Å². The smallest absolute Gasteiger partial charge is 0.268 e. The lowest BCUT2D eigenvalue weighted by atomic mass is 10.0. The van der Waals surface area contributed by atoms with E-state index >= 15 is 0 Å². The van der Waals surface area contributed by atoms with Gasteiger partial charge in [-0.15, -0.1) is 4.83 Å². The Kier molecular flexibility index (Phi) is 4.84. The number of sulfonamides is 1. The number of nitrogens with zero attached hydrogens (tertiary/aromatic N) is 1. The van der Waals surface area contributed by atoms with Gasteiger partial charge >= 0.3 is 0 Å². The highest BCUT2D eigenvalue weighted by Crippen LogP contribution is 2.20. The van der Waals surface area contributed by atoms with Crippen molar-refractivity contribution in [3.8, 4) is 0 Å². The molecule has 1 amide bonds. The number of para-hydroxylation sites is 1. The van der Waals surface area contributed by atoms with E-state index in [1.807, 2.05) is 49.7 Å². The van der Waals surface area contributed by atoms with Crippen molar-refractivity contribution in [3.05, 3.63) is 65.9 Å². The Hall–Kier alpha value is -2.64. The van der Waals surface area contributed by atoms with Crippen LogP contribution in [0.25, 0.3) is 10.9 Å². The van der Waals surface area contributed by atoms with E-state index < -0.39 is 15.9 Å². The molecule has 0 atom stereocenters. The van der Waals surface area contributed by atoms with Gasteiger partial charge in [-0.25, -0.2) is 8.42 Å². The molecule has 1 aromatic heterocycles. The zero-order valence-electron chi connectivity index (χ0n) is 14.9. The van der Waals surface area contributed by atoms with Crippen LogP contribution in [-0.2, 0) is 17.1 Å². The third-order valence-electron chi connectivity index (χ3n) is 4.30. The van der Waals surface area contributed by atoms with E-state index in [2.05, 4.69) is 10.3 Å². The number of carbonyl (C=O) groups is 1. The maximum Gasteiger partial charge on any atom is 0.268 e. The van der Waals surface area contributed by atoms with Crippen molar-refractivity contribution in [2.24, 2.45) is 7.05 Å². The van der Waals surface area contributed by atoms with Crippen LogP contribution in [0.15, 0.2) is 59.6 Å². The lowest BCUT2D eigenvalue weighted by molar-refractivity contribution is 0.0946. The van der Waals surface area contributed by atoms with Crippen molar-refractivity contribution in [2.75, 3.05) is 0 Å². The summed E-state index contributed by atoms with van der Waals surface area (Å²) >= 11 is 0. The van der Waals surface area contributed by atoms with Gasteiger partial charge in [0.15, 0.2) is 0 Å². The van der Waals surface area contributed by atoms with Crippen LogP contribution in [0.5, 0.6) is 0 Å². The quantitative estimate of drug-likeness (QED) is 0.677. The van der Waals surface area contributed by atoms with Crippen LogP contribution in [0.2, 0.25) is 0 Å². The average Bonchev–Trinajstić information content (AvgIpc) is 2.97. The predicted molar refractivity (Wildman–Crippen MR) is 101 cm³/mol. The molecule has 3 rings (SSSR count). The van der Waals surface area contributed by atoms with Crippen LogP contribution < -0.4 is 10.3 Å². The molecule has 2 aromatic carbocycles. The molecule has 0 aliphatic carbocycles. The number of nitrogens with one attached hydrogen (secondary N) is 2. The summed E-state index contributed by atoms with van der Waals surface area (Å²) in [5.74, 6) is -0.199. The van der Waals surface area contributed by atoms with Crippen LogP contribution in [-0.4, -0.2) is 18.9 Å². The Morgan fingerprint density at radius 3 is 2.35 bits per heavy atom. The Morgan fingerprint density at radius 2 is 1.69 bits per heavy atom. The van der Waals surface area contributed by atoms with Gasteiger partial charge in [-0.3, -0.25) is 10.2 Å². The molecule has 0 aliphatic heterocycles. The standard InChI is InChI=1S/C19H21N3O3S/c1-13(2)14-8-10-15(11-9-14)26(24,25)21-20-19(23)17-12-22(3)18-7-5-4-6-16(17)18/h4-13,21H,1-3H3,(H,20,23). The SMILES string of the molecule is CC(C)c1ccc(S(=O)(=O)NNC(=O)c2cn(C)c3ccccc23)cc1. The minimum absolute atomic E-state index is 0.0973. The van der Waals surface area contributed by atoms with Gasteiger partial charge in [0.05, 0.1) is 10.5 Å². The summed E-state index contributed by atoms with van der Waals surface area (Å²) in [4.78, 5) is 14.7. The molecule has 0 radical (unpaired) electrons. The number of fused-ring (bicyclic) bond motifs is 1. The summed E-state index contributed by atoms with van der Waals surface area (Å²) in [5, 5.41) is 0.757. The Bertz CT molecular complexity index is 1050. The predicted octanol–water partition coefficient (Wildman–Crippen LogP) is 2.93. The number of rotatable bonds is 5. The summed E-state index contributed by atoms with van der Waals surface area (Å²) in [7, 11) is -2.01. The number of aromatic nitrogens is 1. The molecule has 1 heterocycles. The van der Waals surface area contributed by atoms with Crippen molar-refractivity contribution in [2.45, 2.75) is 24.7 Å². The van der Waals surface area contributed by atoms with Gasteiger partial charge in [0.1, 0.15) is 0 Å². The first-order valence-corrected chi connectivity index (χ1v) is 9.74. The second-order valence-corrected chi connectivity index (χ2v) is 8.14. The summed E-state index contributed by atoms with van der Waals surface area (Å²) in [6.45, 7) is 4.07. The molecule has 0 fully saturated rings. The number of benzene rings is 2. The summed E-state index contributed by atoms with van der Waals surface area (Å²) in [6.07, 6.45) is 1.67. The largest absolute Gasteiger partial charge is 0.350 e. The van der Waals surface area contributed by atoms with Gasteiger partial charge in [0.2, 0.25) is 0 Å². The normalized spacial score (nSPS) is 11.8. The second kappa shape index (κ2) is 6.93.